The molecule has 8 rings (SSSR count). The molecule has 0 radical (unpaired) electrons. The summed E-state index contributed by atoms with van der Waals surface area (Å²) >= 11 is 0. The average Bonchev–Trinajstić information content (AvgIpc) is 3.84. The SMILES string of the molecule is COc1ccc(CC(=O)N(C[C@H]2CCCO2)C[C@]2(O)CC[C@H]3c4ccc(cc4C(=O)c4ccccc4-c4ccccc4)C[C@@H](O)CCC(C)=CCC[C@@]32C)cc1OC. The van der Waals surface area contributed by atoms with Crippen LogP contribution in [0.5, 0.6) is 11.5 Å². The molecule has 8 nitrogen and oxygen atoms in total. The van der Waals surface area contributed by atoms with E-state index in [0.29, 0.717) is 67.9 Å². The van der Waals surface area contributed by atoms with E-state index in [1.54, 1.807) is 14.2 Å². The summed E-state index contributed by atoms with van der Waals surface area (Å²) in [6, 6.07) is 29.4. The van der Waals surface area contributed by atoms with Crippen LogP contribution < -0.4 is 9.47 Å². The van der Waals surface area contributed by atoms with Crippen LogP contribution in [0, 0.1) is 5.41 Å². The number of carbonyl (C=O) groups excluding carboxylic acids is 2. The van der Waals surface area contributed by atoms with Gasteiger partial charge >= 0.3 is 0 Å². The lowest BCUT2D eigenvalue weighted by Gasteiger charge is -2.46. The van der Waals surface area contributed by atoms with Crippen molar-refractivity contribution in [3.8, 4) is 22.6 Å². The second-order valence-corrected chi connectivity index (χ2v) is 17.0. The zero-order chi connectivity index (χ0) is 40.9. The first-order valence-corrected chi connectivity index (χ1v) is 21.0. The summed E-state index contributed by atoms with van der Waals surface area (Å²) in [5.41, 5.74) is 4.91. The van der Waals surface area contributed by atoms with Crippen molar-refractivity contribution >= 4 is 11.7 Å². The maximum Gasteiger partial charge on any atom is 0.227 e. The molecule has 2 N–H and O–H groups in total. The molecule has 2 fully saturated rings. The summed E-state index contributed by atoms with van der Waals surface area (Å²) in [5, 5.41) is 24.4. The lowest BCUT2D eigenvalue weighted by atomic mass is 9.64. The third-order valence-corrected chi connectivity index (χ3v) is 13.2. The van der Waals surface area contributed by atoms with Crippen molar-refractivity contribution in [2.45, 2.75) is 102 Å². The highest BCUT2D eigenvalue weighted by Crippen LogP contribution is 2.59. The van der Waals surface area contributed by atoms with Crippen LogP contribution in [0.1, 0.15) is 104 Å². The maximum atomic E-state index is 15.1. The number of amides is 1. The summed E-state index contributed by atoms with van der Waals surface area (Å²) in [7, 11) is 3.17. The van der Waals surface area contributed by atoms with E-state index in [1.807, 2.05) is 83.8 Å². The highest BCUT2D eigenvalue weighted by Gasteiger charge is 2.57. The molecular formula is C50H59NO7. The molecule has 8 heteroatoms. The van der Waals surface area contributed by atoms with E-state index < -0.39 is 17.1 Å². The number of allylic oxidation sites excluding steroid dienone is 2. The van der Waals surface area contributed by atoms with Crippen LogP contribution in [0.25, 0.3) is 11.1 Å². The van der Waals surface area contributed by atoms with Crippen LogP contribution in [0.4, 0.5) is 0 Å². The molecule has 1 amide bonds. The molecule has 0 spiro atoms. The fraction of sp³-hybridized carbons (Fsp3) is 0.440. The Morgan fingerprint density at radius 1 is 0.879 bits per heavy atom. The zero-order valence-electron chi connectivity index (χ0n) is 34.5. The minimum absolute atomic E-state index is 0.0727. The number of carbonyl (C=O) groups is 2. The van der Waals surface area contributed by atoms with Crippen molar-refractivity contribution in [1.82, 2.24) is 4.90 Å². The molecule has 1 saturated heterocycles. The monoisotopic (exact) mass is 785 g/mol. The second kappa shape index (κ2) is 18.0. The average molecular weight is 786 g/mol. The van der Waals surface area contributed by atoms with Crippen molar-refractivity contribution in [2.24, 2.45) is 5.41 Å². The molecule has 2 bridgehead atoms. The third kappa shape index (κ3) is 8.80. The smallest absolute Gasteiger partial charge is 0.227 e. The van der Waals surface area contributed by atoms with Crippen molar-refractivity contribution in [1.29, 1.82) is 0 Å². The maximum absolute atomic E-state index is 15.1. The molecule has 1 aliphatic heterocycles. The molecule has 3 aliphatic carbocycles. The topological polar surface area (TPSA) is 106 Å². The Balaban J connectivity index is 1.29. The van der Waals surface area contributed by atoms with Crippen LogP contribution in [0.3, 0.4) is 0 Å². The number of ether oxygens (including phenoxy) is 3. The highest BCUT2D eigenvalue weighted by atomic mass is 16.5. The number of fused-ring (bicyclic) bond motifs is 8. The number of aliphatic hydroxyl groups is 2. The van der Waals surface area contributed by atoms with Crippen molar-refractivity contribution in [3.05, 3.63) is 130 Å². The van der Waals surface area contributed by atoms with Gasteiger partial charge in [-0.25, -0.2) is 0 Å². The van der Waals surface area contributed by atoms with Crippen LogP contribution in [-0.4, -0.2) is 78.5 Å². The van der Waals surface area contributed by atoms with Gasteiger partial charge in [0.25, 0.3) is 0 Å². The lowest BCUT2D eigenvalue weighted by Crippen LogP contribution is -2.55. The first-order valence-electron chi connectivity index (χ1n) is 21.0. The van der Waals surface area contributed by atoms with Crippen LogP contribution in [-0.2, 0) is 22.4 Å². The number of methoxy groups -OCH3 is 2. The lowest BCUT2D eigenvalue weighted by molar-refractivity contribution is -0.141. The second-order valence-electron chi connectivity index (χ2n) is 17.0. The molecule has 58 heavy (non-hydrogen) atoms. The Morgan fingerprint density at radius 2 is 1.66 bits per heavy atom. The standard InChI is InChI=1S/C50H59NO7/c1-34-12-10-25-49(2)44(24-26-50(49,55)33-51(32-39-15-11-27-58-39)47(53)31-36-20-23-45(56-3)46(30-36)57-4)41-22-19-35(28-38(52)21-18-34)29-43(41)48(54)42-17-9-8-16-40(42)37-13-6-5-7-14-37/h5-9,12-14,16-17,19-20,22-23,29-30,38-39,44,52,55H,10-11,15,18,21,24-28,31-33H2,1-4H3/t38-,39+,44-,49-,50+/m0/s1. The molecule has 1 heterocycles. The van der Waals surface area contributed by atoms with E-state index in [0.717, 1.165) is 53.5 Å². The Bertz CT molecular complexity index is 2110. The van der Waals surface area contributed by atoms with Gasteiger partial charge < -0.3 is 29.3 Å². The molecular weight excluding hydrogens is 727 g/mol. The van der Waals surface area contributed by atoms with E-state index in [1.165, 1.54) is 5.57 Å². The Kier molecular flexibility index (Phi) is 12.9. The van der Waals surface area contributed by atoms with Gasteiger partial charge in [0, 0.05) is 29.7 Å². The first kappa shape index (κ1) is 41.4. The number of hydrogen-bond donors (Lipinski definition) is 2. The fourth-order valence-corrected chi connectivity index (χ4v) is 9.77. The summed E-state index contributed by atoms with van der Waals surface area (Å²) in [4.78, 5) is 31.4. The quantitative estimate of drug-likeness (QED) is 0.116. The Labute approximate surface area is 343 Å². The van der Waals surface area contributed by atoms with Gasteiger partial charge in [0.05, 0.1) is 45.0 Å². The van der Waals surface area contributed by atoms with E-state index in [4.69, 9.17) is 14.2 Å². The number of nitrogens with zero attached hydrogens (tertiary/aromatic N) is 1. The van der Waals surface area contributed by atoms with E-state index >= 15 is 4.79 Å². The summed E-state index contributed by atoms with van der Waals surface area (Å²) in [6.45, 7) is 5.50. The summed E-state index contributed by atoms with van der Waals surface area (Å²) in [6.07, 6.45) is 7.87. The normalized spacial score (nSPS) is 24.7. The first-order chi connectivity index (χ1) is 28.0. The van der Waals surface area contributed by atoms with E-state index in [2.05, 4.69) is 32.1 Å². The molecule has 0 unspecified atom stereocenters. The molecule has 0 aromatic heterocycles. The van der Waals surface area contributed by atoms with E-state index in [-0.39, 0.29) is 36.7 Å². The van der Waals surface area contributed by atoms with E-state index in [9.17, 15) is 15.0 Å². The number of aliphatic hydroxyl groups excluding tert-OH is 1. The van der Waals surface area contributed by atoms with Gasteiger partial charge in [-0.05, 0) is 117 Å². The molecule has 4 aromatic rings. The predicted octanol–water partition coefficient (Wildman–Crippen LogP) is 8.89. The minimum atomic E-state index is -1.26. The van der Waals surface area contributed by atoms with Gasteiger partial charge in [-0.15, -0.1) is 0 Å². The van der Waals surface area contributed by atoms with Crippen LogP contribution in [0.15, 0.2) is 103 Å². The molecule has 5 atom stereocenters. The third-order valence-electron chi connectivity index (χ3n) is 13.2. The number of hydrogen-bond acceptors (Lipinski definition) is 7. The number of rotatable bonds is 11. The highest BCUT2D eigenvalue weighted by molar-refractivity contribution is 6.13. The predicted molar refractivity (Wildman–Crippen MR) is 228 cm³/mol. The largest absolute Gasteiger partial charge is 0.493 e. The van der Waals surface area contributed by atoms with Gasteiger partial charge in [-0.3, -0.25) is 9.59 Å². The molecule has 4 aliphatic rings. The van der Waals surface area contributed by atoms with Gasteiger partial charge in [0.1, 0.15) is 0 Å². The molecule has 306 valence electrons. The molecule has 4 aromatic carbocycles. The van der Waals surface area contributed by atoms with Crippen LogP contribution >= 0.6 is 0 Å². The van der Waals surface area contributed by atoms with Gasteiger partial charge in [0.2, 0.25) is 5.91 Å². The van der Waals surface area contributed by atoms with Gasteiger partial charge in [-0.1, -0.05) is 91.4 Å². The van der Waals surface area contributed by atoms with Crippen molar-refractivity contribution in [3.63, 3.8) is 0 Å². The van der Waals surface area contributed by atoms with Crippen molar-refractivity contribution in [2.75, 3.05) is 33.9 Å². The summed E-state index contributed by atoms with van der Waals surface area (Å²) in [5.74, 6) is 0.815. The molecule has 1 saturated carbocycles. The Hall–Kier alpha value is -4.76. The van der Waals surface area contributed by atoms with Crippen molar-refractivity contribution < 1.29 is 34.0 Å². The number of benzene rings is 4. The van der Waals surface area contributed by atoms with Crippen LogP contribution in [0.2, 0.25) is 0 Å². The Morgan fingerprint density at radius 3 is 2.41 bits per heavy atom. The summed E-state index contributed by atoms with van der Waals surface area (Å²) < 4.78 is 17.1. The fourth-order valence-electron chi connectivity index (χ4n) is 9.77. The minimum Gasteiger partial charge on any atom is -0.493 e. The number of ketones is 1. The van der Waals surface area contributed by atoms with Gasteiger partial charge in [-0.2, -0.15) is 0 Å². The zero-order valence-corrected chi connectivity index (χ0v) is 34.5. The van der Waals surface area contributed by atoms with Gasteiger partial charge in [0.15, 0.2) is 17.3 Å².